The van der Waals surface area contributed by atoms with Gasteiger partial charge in [-0.25, -0.2) is 0 Å². The molecule has 0 spiro atoms. The minimum atomic E-state index is 0.680. The summed E-state index contributed by atoms with van der Waals surface area (Å²) in [5.74, 6) is 0.680. The number of rotatable bonds is 8. The standard InChI is InChI=1S/C18H24N2/c1-2-3-6-17(18-10-14-20-15-11-18)7-4-5-16-8-12-19-13-9-16/h8-15,17H,2-7H2,1H3. The van der Waals surface area contributed by atoms with Gasteiger partial charge in [-0.1, -0.05) is 19.8 Å². The molecule has 0 bridgehead atoms. The summed E-state index contributed by atoms with van der Waals surface area (Å²) in [6.45, 7) is 2.26. The van der Waals surface area contributed by atoms with Crippen LogP contribution in [-0.4, -0.2) is 9.97 Å². The predicted octanol–water partition coefficient (Wildman–Crippen LogP) is 4.77. The third-order valence-electron chi connectivity index (χ3n) is 3.85. The topological polar surface area (TPSA) is 25.8 Å². The van der Waals surface area contributed by atoms with Crippen LogP contribution >= 0.6 is 0 Å². The molecule has 2 aromatic heterocycles. The van der Waals surface area contributed by atoms with Crippen LogP contribution in [0.4, 0.5) is 0 Å². The lowest BCUT2D eigenvalue weighted by molar-refractivity contribution is 0.528. The van der Waals surface area contributed by atoms with Gasteiger partial charge in [-0.05, 0) is 67.0 Å². The number of nitrogens with zero attached hydrogens (tertiary/aromatic N) is 2. The summed E-state index contributed by atoms with van der Waals surface area (Å²) in [6.07, 6.45) is 15.1. The first-order valence-corrected chi connectivity index (χ1v) is 7.69. The van der Waals surface area contributed by atoms with E-state index >= 15 is 0 Å². The highest BCUT2D eigenvalue weighted by Crippen LogP contribution is 2.27. The van der Waals surface area contributed by atoms with Crippen LogP contribution in [0.15, 0.2) is 49.1 Å². The second-order valence-corrected chi connectivity index (χ2v) is 5.37. The van der Waals surface area contributed by atoms with Gasteiger partial charge >= 0.3 is 0 Å². The Kier molecular flexibility index (Phi) is 6.22. The smallest absolute Gasteiger partial charge is 0.0270 e. The summed E-state index contributed by atoms with van der Waals surface area (Å²) in [5, 5.41) is 0. The zero-order chi connectivity index (χ0) is 14.0. The first-order chi connectivity index (χ1) is 9.90. The van der Waals surface area contributed by atoms with Crippen molar-refractivity contribution in [3.05, 3.63) is 60.2 Å². The Morgan fingerprint density at radius 1 is 0.850 bits per heavy atom. The highest BCUT2D eigenvalue weighted by atomic mass is 14.6. The normalized spacial score (nSPS) is 12.2. The zero-order valence-corrected chi connectivity index (χ0v) is 12.3. The quantitative estimate of drug-likeness (QED) is 0.689. The fourth-order valence-electron chi connectivity index (χ4n) is 2.67. The van der Waals surface area contributed by atoms with Crippen LogP contribution in [0, 0.1) is 0 Å². The number of unbranched alkanes of at least 4 members (excludes halogenated alkanes) is 1. The average Bonchev–Trinajstić information content (AvgIpc) is 2.52. The Morgan fingerprint density at radius 2 is 1.45 bits per heavy atom. The van der Waals surface area contributed by atoms with Gasteiger partial charge < -0.3 is 0 Å². The summed E-state index contributed by atoms with van der Waals surface area (Å²) in [6, 6.07) is 8.58. The molecule has 2 nitrogen and oxygen atoms in total. The monoisotopic (exact) mass is 268 g/mol. The molecule has 1 unspecified atom stereocenters. The molecule has 2 aromatic rings. The van der Waals surface area contributed by atoms with Crippen LogP contribution in [0.3, 0.4) is 0 Å². The van der Waals surface area contributed by atoms with Crippen molar-refractivity contribution in [2.45, 2.75) is 51.4 Å². The molecule has 0 saturated carbocycles. The van der Waals surface area contributed by atoms with E-state index in [9.17, 15) is 0 Å². The minimum absolute atomic E-state index is 0.680. The maximum Gasteiger partial charge on any atom is 0.0270 e. The maximum absolute atomic E-state index is 4.13. The molecular weight excluding hydrogens is 244 g/mol. The Balaban J connectivity index is 1.88. The van der Waals surface area contributed by atoms with Gasteiger partial charge in [0.2, 0.25) is 0 Å². The Bertz CT molecular complexity index is 467. The van der Waals surface area contributed by atoms with Gasteiger partial charge in [0.1, 0.15) is 0 Å². The van der Waals surface area contributed by atoms with Crippen LogP contribution in [0.25, 0.3) is 0 Å². The maximum atomic E-state index is 4.13. The molecule has 0 aliphatic carbocycles. The Morgan fingerprint density at radius 3 is 2.10 bits per heavy atom. The van der Waals surface area contributed by atoms with Gasteiger partial charge in [-0.3, -0.25) is 9.97 Å². The third-order valence-corrected chi connectivity index (χ3v) is 3.85. The summed E-state index contributed by atoms with van der Waals surface area (Å²) in [4.78, 5) is 8.20. The first-order valence-electron chi connectivity index (χ1n) is 7.69. The van der Waals surface area contributed by atoms with Crippen molar-refractivity contribution in [2.75, 3.05) is 0 Å². The van der Waals surface area contributed by atoms with Crippen molar-refractivity contribution in [1.82, 2.24) is 9.97 Å². The van der Waals surface area contributed by atoms with Crippen LogP contribution in [0.2, 0.25) is 0 Å². The van der Waals surface area contributed by atoms with Crippen molar-refractivity contribution >= 4 is 0 Å². The summed E-state index contributed by atoms with van der Waals surface area (Å²) < 4.78 is 0. The lowest BCUT2D eigenvalue weighted by atomic mass is 9.89. The number of aromatic nitrogens is 2. The molecule has 0 radical (unpaired) electrons. The summed E-state index contributed by atoms with van der Waals surface area (Å²) in [7, 11) is 0. The molecule has 20 heavy (non-hydrogen) atoms. The minimum Gasteiger partial charge on any atom is -0.265 e. The molecule has 2 heterocycles. The fraction of sp³-hybridized carbons (Fsp3) is 0.444. The lowest BCUT2D eigenvalue weighted by Gasteiger charge is -2.17. The van der Waals surface area contributed by atoms with Crippen molar-refractivity contribution in [3.63, 3.8) is 0 Å². The average molecular weight is 268 g/mol. The predicted molar refractivity (Wildman–Crippen MR) is 83.7 cm³/mol. The van der Waals surface area contributed by atoms with Gasteiger partial charge in [0.05, 0.1) is 0 Å². The summed E-state index contributed by atoms with van der Waals surface area (Å²) in [5.41, 5.74) is 2.84. The summed E-state index contributed by atoms with van der Waals surface area (Å²) >= 11 is 0. The molecule has 0 fully saturated rings. The zero-order valence-electron chi connectivity index (χ0n) is 12.3. The fourth-order valence-corrected chi connectivity index (χ4v) is 2.67. The molecule has 0 aliphatic heterocycles. The van der Waals surface area contributed by atoms with E-state index in [4.69, 9.17) is 0 Å². The van der Waals surface area contributed by atoms with Crippen LogP contribution in [0.5, 0.6) is 0 Å². The highest BCUT2D eigenvalue weighted by molar-refractivity contribution is 5.16. The molecule has 0 amide bonds. The van der Waals surface area contributed by atoms with Crippen LogP contribution < -0.4 is 0 Å². The third kappa shape index (κ3) is 4.76. The van der Waals surface area contributed by atoms with Crippen molar-refractivity contribution in [2.24, 2.45) is 0 Å². The van der Waals surface area contributed by atoms with E-state index in [-0.39, 0.29) is 0 Å². The van der Waals surface area contributed by atoms with Crippen LogP contribution in [0.1, 0.15) is 56.1 Å². The van der Waals surface area contributed by atoms with E-state index in [1.807, 2.05) is 24.8 Å². The van der Waals surface area contributed by atoms with Crippen LogP contribution in [-0.2, 0) is 6.42 Å². The molecule has 0 aromatic carbocycles. The lowest BCUT2D eigenvalue weighted by Crippen LogP contribution is -2.00. The number of hydrogen-bond acceptors (Lipinski definition) is 2. The van der Waals surface area contributed by atoms with Crippen molar-refractivity contribution in [3.8, 4) is 0 Å². The largest absolute Gasteiger partial charge is 0.265 e. The Hall–Kier alpha value is -1.70. The number of aryl methyl sites for hydroxylation is 1. The van der Waals surface area contributed by atoms with E-state index in [0.717, 1.165) is 6.42 Å². The first kappa shape index (κ1) is 14.7. The van der Waals surface area contributed by atoms with Gasteiger partial charge in [0.15, 0.2) is 0 Å². The van der Waals surface area contributed by atoms with E-state index in [1.54, 1.807) is 0 Å². The second-order valence-electron chi connectivity index (χ2n) is 5.37. The molecule has 106 valence electrons. The number of hydrogen-bond donors (Lipinski definition) is 0. The second kappa shape index (κ2) is 8.47. The molecular formula is C18H24N2. The molecule has 0 aliphatic rings. The van der Waals surface area contributed by atoms with Gasteiger partial charge in [-0.2, -0.15) is 0 Å². The molecule has 0 N–H and O–H groups in total. The van der Waals surface area contributed by atoms with E-state index in [2.05, 4.69) is 41.2 Å². The molecule has 0 saturated heterocycles. The Labute approximate surface area is 122 Å². The van der Waals surface area contributed by atoms with E-state index < -0.39 is 0 Å². The molecule has 1 atom stereocenters. The highest BCUT2D eigenvalue weighted by Gasteiger charge is 2.10. The number of pyridine rings is 2. The van der Waals surface area contributed by atoms with E-state index in [0.29, 0.717) is 5.92 Å². The van der Waals surface area contributed by atoms with Gasteiger partial charge in [0, 0.05) is 24.8 Å². The molecule has 2 heteroatoms. The molecule has 2 rings (SSSR count). The van der Waals surface area contributed by atoms with Gasteiger partial charge in [0.25, 0.3) is 0 Å². The van der Waals surface area contributed by atoms with Crippen molar-refractivity contribution in [1.29, 1.82) is 0 Å². The van der Waals surface area contributed by atoms with Gasteiger partial charge in [-0.15, -0.1) is 0 Å². The van der Waals surface area contributed by atoms with E-state index in [1.165, 1.54) is 43.2 Å². The SMILES string of the molecule is CCCCC(CCCc1ccncc1)c1ccncc1. The van der Waals surface area contributed by atoms with Crippen molar-refractivity contribution < 1.29 is 0 Å².